The fourth-order valence-electron chi connectivity index (χ4n) is 2.96. The first-order chi connectivity index (χ1) is 10.1. The van der Waals surface area contributed by atoms with Crippen molar-refractivity contribution in [2.45, 2.75) is 25.8 Å². The van der Waals surface area contributed by atoms with Crippen molar-refractivity contribution in [1.29, 1.82) is 0 Å². The van der Waals surface area contributed by atoms with E-state index in [-0.39, 0.29) is 11.9 Å². The van der Waals surface area contributed by atoms with Gasteiger partial charge in [0.25, 0.3) is 0 Å². The Hall–Kier alpha value is -1.01. The third-order valence-corrected chi connectivity index (χ3v) is 5.08. The summed E-state index contributed by atoms with van der Waals surface area (Å²) in [5.41, 5.74) is 0. The molecule has 2 aliphatic heterocycles. The number of aromatic nitrogens is 2. The Morgan fingerprint density at radius 3 is 2.81 bits per heavy atom. The molecule has 114 valence electrons. The second-order valence-electron chi connectivity index (χ2n) is 5.39. The molecule has 21 heavy (non-hydrogen) atoms. The number of aryl methyl sites for hydroxylation is 1. The number of amides is 1. The van der Waals surface area contributed by atoms with Crippen molar-refractivity contribution in [2.75, 3.05) is 36.0 Å². The van der Waals surface area contributed by atoms with Gasteiger partial charge in [0.1, 0.15) is 22.8 Å². The van der Waals surface area contributed by atoms with Crippen molar-refractivity contribution in [3.63, 3.8) is 0 Å². The van der Waals surface area contributed by atoms with E-state index in [2.05, 4.69) is 14.9 Å². The standard InChI is InChI=1S/C14H19ClN4OS/c1-10-16-12(15)9-13(17-10)19-4-2-3-11(19)14(20)18-5-7-21-8-6-18/h9,11H,2-8H2,1H3/t11-/m1/s1. The summed E-state index contributed by atoms with van der Waals surface area (Å²) in [6.45, 7) is 4.39. The van der Waals surface area contributed by atoms with Gasteiger partial charge < -0.3 is 9.80 Å². The van der Waals surface area contributed by atoms with Crippen LogP contribution in [-0.2, 0) is 4.79 Å². The highest BCUT2D eigenvalue weighted by molar-refractivity contribution is 7.99. The topological polar surface area (TPSA) is 49.3 Å². The number of thioether (sulfide) groups is 1. The number of anilines is 1. The summed E-state index contributed by atoms with van der Waals surface area (Å²) in [4.78, 5) is 25.4. The van der Waals surface area contributed by atoms with E-state index >= 15 is 0 Å². The molecule has 2 saturated heterocycles. The zero-order valence-electron chi connectivity index (χ0n) is 12.1. The molecule has 2 aliphatic rings. The average molecular weight is 327 g/mol. The summed E-state index contributed by atoms with van der Waals surface area (Å²) in [5.74, 6) is 3.73. The van der Waals surface area contributed by atoms with Gasteiger partial charge in [-0.15, -0.1) is 0 Å². The summed E-state index contributed by atoms with van der Waals surface area (Å²) >= 11 is 7.94. The quantitative estimate of drug-likeness (QED) is 0.778. The molecule has 7 heteroatoms. The molecule has 3 rings (SSSR count). The molecule has 0 bridgehead atoms. The van der Waals surface area contributed by atoms with Crippen molar-refractivity contribution in [3.05, 3.63) is 17.0 Å². The van der Waals surface area contributed by atoms with Crippen LogP contribution >= 0.6 is 23.4 Å². The van der Waals surface area contributed by atoms with Crippen LogP contribution in [0.1, 0.15) is 18.7 Å². The average Bonchev–Trinajstić information content (AvgIpc) is 2.96. The lowest BCUT2D eigenvalue weighted by atomic mass is 10.2. The minimum atomic E-state index is -0.0986. The number of rotatable bonds is 2. The smallest absolute Gasteiger partial charge is 0.245 e. The van der Waals surface area contributed by atoms with Crippen molar-refractivity contribution >= 4 is 35.1 Å². The molecule has 0 aliphatic carbocycles. The maximum absolute atomic E-state index is 12.8. The first-order valence-electron chi connectivity index (χ1n) is 7.29. The molecule has 1 aromatic rings. The Bertz CT molecular complexity index is 515. The molecule has 5 nitrogen and oxygen atoms in total. The predicted octanol–water partition coefficient (Wildman–Crippen LogP) is 1.98. The minimum absolute atomic E-state index is 0.0986. The van der Waals surface area contributed by atoms with Crippen LogP contribution in [0.15, 0.2) is 6.07 Å². The number of carbonyl (C=O) groups excluding carboxylic acids is 1. The molecular formula is C14H19ClN4OS. The van der Waals surface area contributed by atoms with Gasteiger partial charge in [-0.3, -0.25) is 4.79 Å². The SMILES string of the molecule is Cc1nc(Cl)cc(N2CCC[C@@H]2C(=O)N2CCSCC2)n1. The van der Waals surface area contributed by atoms with Crippen molar-refractivity contribution in [1.82, 2.24) is 14.9 Å². The monoisotopic (exact) mass is 326 g/mol. The summed E-state index contributed by atoms with van der Waals surface area (Å²) in [5, 5.41) is 0.435. The van der Waals surface area contributed by atoms with Crippen molar-refractivity contribution < 1.29 is 4.79 Å². The lowest BCUT2D eigenvalue weighted by Gasteiger charge is -2.32. The van der Waals surface area contributed by atoms with Crippen LogP contribution in [0.3, 0.4) is 0 Å². The molecule has 3 heterocycles. The zero-order chi connectivity index (χ0) is 14.8. The number of hydrogen-bond acceptors (Lipinski definition) is 5. The molecule has 1 atom stereocenters. The van der Waals surface area contributed by atoms with Crippen molar-refractivity contribution in [3.8, 4) is 0 Å². The number of halogens is 1. The second-order valence-corrected chi connectivity index (χ2v) is 7.00. The molecule has 1 amide bonds. The summed E-state index contributed by atoms with van der Waals surface area (Å²) < 4.78 is 0. The van der Waals surface area contributed by atoms with Gasteiger partial charge in [-0.2, -0.15) is 11.8 Å². The van der Waals surface area contributed by atoms with Crippen LogP contribution in [0.25, 0.3) is 0 Å². The normalized spacial score (nSPS) is 22.7. The number of hydrogen-bond donors (Lipinski definition) is 0. The first kappa shape index (κ1) is 14.9. The lowest BCUT2D eigenvalue weighted by molar-refractivity contribution is -0.132. The van der Waals surface area contributed by atoms with Crippen LogP contribution in [0.5, 0.6) is 0 Å². The number of nitrogens with zero attached hydrogens (tertiary/aromatic N) is 4. The van der Waals surface area contributed by atoms with Gasteiger partial charge in [0.2, 0.25) is 5.91 Å². The largest absolute Gasteiger partial charge is 0.344 e. The van der Waals surface area contributed by atoms with Crippen molar-refractivity contribution in [2.24, 2.45) is 0 Å². The summed E-state index contributed by atoms with van der Waals surface area (Å²) in [7, 11) is 0. The van der Waals surface area contributed by atoms with E-state index in [1.807, 2.05) is 23.6 Å². The Morgan fingerprint density at radius 1 is 1.33 bits per heavy atom. The first-order valence-corrected chi connectivity index (χ1v) is 8.83. The lowest BCUT2D eigenvalue weighted by Crippen LogP contribution is -2.48. The molecule has 0 N–H and O–H groups in total. The van der Waals surface area contributed by atoms with Gasteiger partial charge in [0.05, 0.1) is 0 Å². The molecule has 0 unspecified atom stereocenters. The Labute approximate surface area is 134 Å². The highest BCUT2D eigenvalue weighted by Crippen LogP contribution is 2.27. The van der Waals surface area contributed by atoms with Crippen LogP contribution in [-0.4, -0.2) is 58.0 Å². The van der Waals surface area contributed by atoms with Gasteiger partial charge in [-0.05, 0) is 19.8 Å². The molecule has 2 fully saturated rings. The Kier molecular flexibility index (Phi) is 4.54. The van der Waals surface area contributed by atoms with Gasteiger partial charge in [-0.1, -0.05) is 11.6 Å². The maximum Gasteiger partial charge on any atom is 0.245 e. The van der Waals surface area contributed by atoms with Gasteiger partial charge >= 0.3 is 0 Å². The molecule has 0 spiro atoms. The maximum atomic E-state index is 12.8. The van der Waals surface area contributed by atoms with Gasteiger partial charge in [0.15, 0.2) is 0 Å². The summed E-state index contributed by atoms with van der Waals surface area (Å²) in [6, 6.07) is 1.66. The summed E-state index contributed by atoms with van der Waals surface area (Å²) in [6.07, 6.45) is 1.91. The molecule has 1 aromatic heterocycles. The van der Waals surface area contributed by atoms with Crippen LogP contribution < -0.4 is 4.90 Å². The third kappa shape index (κ3) is 3.26. The van der Waals surface area contributed by atoms with E-state index in [1.165, 1.54) is 0 Å². The van der Waals surface area contributed by atoms with Crippen LogP contribution in [0.4, 0.5) is 5.82 Å². The third-order valence-electron chi connectivity index (χ3n) is 3.95. The zero-order valence-corrected chi connectivity index (χ0v) is 13.7. The van der Waals surface area contributed by atoms with Crippen LogP contribution in [0, 0.1) is 6.92 Å². The van der Waals surface area contributed by atoms with E-state index in [1.54, 1.807) is 6.07 Å². The Morgan fingerprint density at radius 2 is 2.10 bits per heavy atom. The molecule has 0 saturated carbocycles. The van der Waals surface area contributed by atoms with E-state index in [0.717, 1.165) is 49.8 Å². The van der Waals surface area contributed by atoms with E-state index in [9.17, 15) is 4.79 Å². The molecule has 0 aromatic carbocycles. The fourth-order valence-corrected chi connectivity index (χ4v) is 4.08. The highest BCUT2D eigenvalue weighted by Gasteiger charge is 2.35. The fraction of sp³-hybridized carbons (Fsp3) is 0.643. The molecule has 0 radical (unpaired) electrons. The highest BCUT2D eigenvalue weighted by atomic mass is 35.5. The van der Waals surface area contributed by atoms with E-state index < -0.39 is 0 Å². The predicted molar refractivity (Wildman–Crippen MR) is 86.1 cm³/mol. The van der Waals surface area contributed by atoms with E-state index in [4.69, 9.17) is 11.6 Å². The second kappa shape index (κ2) is 6.40. The van der Waals surface area contributed by atoms with E-state index in [0.29, 0.717) is 11.0 Å². The molecular weight excluding hydrogens is 308 g/mol. The van der Waals surface area contributed by atoms with Gasteiger partial charge in [0, 0.05) is 37.2 Å². The van der Waals surface area contributed by atoms with Crippen LogP contribution in [0.2, 0.25) is 5.15 Å². The Balaban J connectivity index is 1.79. The minimum Gasteiger partial charge on any atom is -0.344 e. The van der Waals surface area contributed by atoms with Gasteiger partial charge in [-0.25, -0.2) is 9.97 Å². The number of carbonyl (C=O) groups is 1.